The van der Waals surface area contributed by atoms with E-state index < -0.39 is 5.97 Å². The van der Waals surface area contributed by atoms with Crippen LogP contribution in [0.25, 0.3) is 0 Å². The fraction of sp³-hybridized carbons (Fsp3) is 0.636. The highest BCUT2D eigenvalue weighted by atomic mass is 16.4. The van der Waals surface area contributed by atoms with Gasteiger partial charge in [-0.25, -0.2) is 4.79 Å². The van der Waals surface area contributed by atoms with E-state index in [-0.39, 0.29) is 17.2 Å². The third-order valence-corrected chi connectivity index (χ3v) is 2.17. The summed E-state index contributed by atoms with van der Waals surface area (Å²) in [5.41, 5.74) is 0.773. The molecule has 0 amide bonds. The largest absolute Gasteiger partial charge is 0.477 e. The quantitative estimate of drug-likeness (QED) is 0.815. The molecule has 84 valence electrons. The predicted octanol–water partition coefficient (Wildman–Crippen LogP) is 2.46. The second-order valence-electron chi connectivity index (χ2n) is 5.00. The lowest BCUT2D eigenvalue weighted by Gasteiger charge is -2.21. The number of carboxylic acid groups (broad SMARTS) is 1. The second kappa shape index (κ2) is 3.68. The van der Waals surface area contributed by atoms with Crippen molar-refractivity contribution in [2.24, 2.45) is 0 Å². The van der Waals surface area contributed by atoms with Gasteiger partial charge in [0.2, 0.25) is 0 Å². The first-order valence-electron chi connectivity index (χ1n) is 5.07. The van der Waals surface area contributed by atoms with E-state index in [9.17, 15) is 4.79 Å². The zero-order valence-corrected chi connectivity index (χ0v) is 9.90. The molecule has 1 heterocycles. The summed E-state index contributed by atoms with van der Waals surface area (Å²) in [6, 6.07) is 1.65. The summed E-state index contributed by atoms with van der Waals surface area (Å²) in [6.45, 7) is 9.82. The van der Waals surface area contributed by atoms with E-state index in [0.29, 0.717) is 0 Å². The minimum absolute atomic E-state index is 0.242. The molecule has 0 unspecified atom stereocenters. The lowest BCUT2D eigenvalue weighted by Crippen LogP contribution is -2.27. The Balaban J connectivity index is 3.30. The number of hydrogen-bond donors (Lipinski definition) is 1. The Morgan fingerprint density at radius 3 is 2.27 bits per heavy atom. The molecular formula is C11H18N2O2. The molecule has 1 aromatic rings. The van der Waals surface area contributed by atoms with Gasteiger partial charge in [0.15, 0.2) is 0 Å². The third kappa shape index (κ3) is 2.37. The Hall–Kier alpha value is -1.32. The van der Waals surface area contributed by atoms with E-state index in [1.807, 2.05) is 34.6 Å². The van der Waals surface area contributed by atoms with Crippen LogP contribution in [-0.4, -0.2) is 20.9 Å². The van der Waals surface area contributed by atoms with Gasteiger partial charge in [0, 0.05) is 0 Å². The van der Waals surface area contributed by atoms with Crippen LogP contribution < -0.4 is 0 Å². The van der Waals surface area contributed by atoms with Crippen LogP contribution in [0.5, 0.6) is 0 Å². The summed E-state index contributed by atoms with van der Waals surface area (Å²) in [4.78, 5) is 11.0. The van der Waals surface area contributed by atoms with Crippen molar-refractivity contribution in [3.8, 4) is 0 Å². The Bertz CT molecular complexity index is 372. The van der Waals surface area contributed by atoms with E-state index in [0.717, 1.165) is 5.69 Å². The SMILES string of the molecule is CC(C)c1cc(C(=O)O)n(C(C)(C)C)n1. The number of carbonyl (C=O) groups is 1. The monoisotopic (exact) mass is 210 g/mol. The Morgan fingerprint density at radius 1 is 1.47 bits per heavy atom. The van der Waals surface area contributed by atoms with Gasteiger partial charge in [0.1, 0.15) is 5.69 Å². The lowest BCUT2D eigenvalue weighted by atomic mass is 10.1. The fourth-order valence-electron chi connectivity index (χ4n) is 1.35. The first-order chi connectivity index (χ1) is 6.73. The van der Waals surface area contributed by atoms with Crippen molar-refractivity contribution >= 4 is 5.97 Å². The van der Waals surface area contributed by atoms with Gasteiger partial charge in [-0.2, -0.15) is 5.10 Å². The van der Waals surface area contributed by atoms with Crippen LogP contribution in [0.3, 0.4) is 0 Å². The van der Waals surface area contributed by atoms with Crippen LogP contribution in [0.1, 0.15) is 56.7 Å². The highest BCUT2D eigenvalue weighted by Gasteiger charge is 2.23. The van der Waals surface area contributed by atoms with E-state index in [1.165, 1.54) is 0 Å². The summed E-state index contributed by atoms with van der Waals surface area (Å²) >= 11 is 0. The number of aromatic carboxylic acids is 1. The van der Waals surface area contributed by atoms with Gasteiger partial charge in [-0.15, -0.1) is 0 Å². The maximum absolute atomic E-state index is 11.0. The van der Waals surface area contributed by atoms with Crippen molar-refractivity contribution < 1.29 is 9.90 Å². The van der Waals surface area contributed by atoms with Crippen LogP contribution in [0.15, 0.2) is 6.07 Å². The minimum atomic E-state index is -0.927. The lowest BCUT2D eigenvalue weighted by molar-refractivity contribution is 0.0675. The van der Waals surface area contributed by atoms with Gasteiger partial charge in [-0.05, 0) is 32.8 Å². The molecule has 0 aliphatic heterocycles. The summed E-state index contributed by atoms with van der Waals surface area (Å²) in [6.07, 6.45) is 0. The van der Waals surface area contributed by atoms with Gasteiger partial charge in [-0.1, -0.05) is 13.8 Å². The Kier molecular flexibility index (Phi) is 2.88. The van der Waals surface area contributed by atoms with Crippen molar-refractivity contribution in [1.29, 1.82) is 0 Å². The van der Waals surface area contributed by atoms with E-state index in [4.69, 9.17) is 5.11 Å². The van der Waals surface area contributed by atoms with Crippen molar-refractivity contribution in [1.82, 2.24) is 9.78 Å². The number of nitrogens with zero attached hydrogens (tertiary/aromatic N) is 2. The molecule has 4 nitrogen and oxygen atoms in total. The smallest absolute Gasteiger partial charge is 0.354 e. The molecule has 0 fully saturated rings. The maximum Gasteiger partial charge on any atom is 0.354 e. The molecule has 0 aliphatic carbocycles. The van der Waals surface area contributed by atoms with Crippen molar-refractivity contribution in [2.75, 3.05) is 0 Å². The Labute approximate surface area is 89.9 Å². The van der Waals surface area contributed by atoms with E-state index in [2.05, 4.69) is 5.10 Å². The molecule has 1 N–H and O–H groups in total. The molecule has 0 saturated carbocycles. The molecule has 0 spiro atoms. The number of rotatable bonds is 2. The van der Waals surface area contributed by atoms with Crippen LogP contribution >= 0.6 is 0 Å². The summed E-state index contributed by atoms with van der Waals surface area (Å²) in [5.74, 6) is -0.684. The molecule has 4 heteroatoms. The first-order valence-corrected chi connectivity index (χ1v) is 5.07. The van der Waals surface area contributed by atoms with Crippen LogP contribution in [0, 0.1) is 0 Å². The second-order valence-corrected chi connectivity index (χ2v) is 5.00. The molecule has 0 bridgehead atoms. The maximum atomic E-state index is 11.0. The van der Waals surface area contributed by atoms with Gasteiger partial charge < -0.3 is 5.11 Å². The van der Waals surface area contributed by atoms with Crippen molar-refractivity contribution in [3.05, 3.63) is 17.5 Å². The van der Waals surface area contributed by atoms with Gasteiger partial charge in [-0.3, -0.25) is 4.68 Å². The highest BCUT2D eigenvalue weighted by molar-refractivity contribution is 5.85. The standard InChI is InChI=1S/C11H18N2O2/c1-7(2)8-6-9(10(14)15)13(12-8)11(3,4)5/h6-7H,1-5H3,(H,14,15). The zero-order valence-electron chi connectivity index (χ0n) is 9.90. The van der Waals surface area contributed by atoms with Crippen LogP contribution in [0.2, 0.25) is 0 Å². The molecule has 1 rings (SSSR count). The fourth-order valence-corrected chi connectivity index (χ4v) is 1.35. The summed E-state index contributed by atoms with van der Waals surface area (Å²) < 4.78 is 1.57. The zero-order chi connectivity index (χ0) is 11.8. The van der Waals surface area contributed by atoms with Crippen LogP contribution in [-0.2, 0) is 5.54 Å². The Morgan fingerprint density at radius 2 is 2.00 bits per heavy atom. The third-order valence-electron chi connectivity index (χ3n) is 2.17. The average molecular weight is 210 g/mol. The van der Waals surface area contributed by atoms with Crippen molar-refractivity contribution in [3.63, 3.8) is 0 Å². The van der Waals surface area contributed by atoms with E-state index in [1.54, 1.807) is 10.7 Å². The molecule has 15 heavy (non-hydrogen) atoms. The van der Waals surface area contributed by atoms with Gasteiger partial charge >= 0.3 is 5.97 Å². The van der Waals surface area contributed by atoms with Crippen LogP contribution in [0.4, 0.5) is 0 Å². The average Bonchev–Trinajstić information content (AvgIpc) is 2.45. The summed E-state index contributed by atoms with van der Waals surface area (Å²) in [5, 5.41) is 13.4. The molecule has 1 aromatic heterocycles. The molecule has 0 aromatic carbocycles. The van der Waals surface area contributed by atoms with Gasteiger partial charge in [0.25, 0.3) is 0 Å². The minimum Gasteiger partial charge on any atom is -0.477 e. The number of aromatic nitrogens is 2. The summed E-state index contributed by atoms with van der Waals surface area (Å²) in [7, 11) is 0. The molecule has 0 aliphatic rings. The van der Waals surface area contributed by atoms with E-state index >= 15 is 0 Å². The van der Waals surface area contributed by atoms with Crippen molar-refractivity contribution in [2.45, 2.75) is 46.1 Å². The highest BCUT2D eigenvalue weighted by Crippen LogP contribution is 2.21. The molecular weight excluding hydrogens is 192 g/mol. The molecule has 0 radical (unpaired) electrons. The van der Waals surface area contributed by atoms with Gasteiger partial charge in [0.05, 0.1) is 11.2 Å². The normalized spacial score (nSPS) is 12.1. The predicted molar refractivity (Wildman–Crippen MR) is 58.3 cm³/mol. The first kappa shape index (κ1) is 11.8. The number of carboxylic acids is 1. The molecule has 0 atom stereocenters. The molecule has 0 saturated heterocycles. The number of hydrogen-bond acceptors (Lipinski definition) is 2. The topological polar surface area (TPSA) is 55.1 Å².